The van der Waals surface area contributed by atoms with E-state index in [0.717, 1.165) is 19.4 Å². The molecular formula is C13H20N2O. The molecule has 2 rings (SSSR count). The predicted molar refractivity (Wildman–Crippen MR) is 64.1 cm³/mol. The molecule has 0 aromatic carbocycles. The van der Waals surface area contributed by atoms with E-state index in [9.17, 15) is 0 Å². The molecular weight excluding hydrogens is 200 g/mol. The van der Waals surface area contributed by atoms with Crippen LogP contribution >= 0.6 is 0 Å². The zero-order chi connectivity index (χ0) is 11.2. The Kier molecular flexibility index (Phi) is 4.31. The summed E-state index contributed by atoms with van der Waals surface area (Å²) in [5.41, 5.74) is 7.40. The fraction of sp³-hybridized carbons (Fsp3) is 0.615. The Morgan fingerprint density at radius 2 is 2.19 bits per heavy atom. The highest BCUT2D eigenvalue weighted by atomic mass is 16.5. The summed E-state index contributed by atoms with van der Waals surface area (Å²) in [5, 5.41) is 0. The van der Waals surface area contributed by atoms with Crippen LogP contribution in [0.5, 0.6) is 0 Å². The van der Waals surface area contributed by atoms with Gasteiger partial charge in [-0.2, -0.15) is 0 Å². The minimum absolute atomic E-state index is 0.200. The first-order chi connectivity index (χ1) is 7.84. The highest BCUT2D eigenvalue weighted by molar-refractivity contribution is 5.11. The maximum Gasteiger partial charge on any atom is 0.0590 e. The van der Waals surface area contributed by atoms with E-state index in [1.165, 1.54) is 24.8 Å². The van der Waals surface area contributed by atoms with Crippen LogP contribution in [-0.4, -0.2) is 23.7 Å². The van der Waals surface area contributed by atoms with Crippen molar-refractivity contribution in [2.45, 2.75) is 44.2 Å². The minimum atomic E-state index is 0.200. The zero-order valence-electron chi connectivity index (χ0n) is 9.64. The Morgan fingerprint density at radius 1 is 1.38 bits per heavy atom. The van der Waals surface area contributed by atoms with E-state index in [2.05, 4.69) is 4.98 Å². The molecule has 2 N–H and O–H groups in total. The summed E-state index contributed by atoms with van der Waals surface area (Å²) in [6.45, 7) is 0.909. The summed E-state index contributed by atoms with van der Waals surface area (Å²) in [6, 6.07) is 4.26. The highest BCUT2D eigenvalue weighted by Crippen LogP contribution is 2.17. The van der Waals surface area contributed by atoms with Crippen molar-refractivity contribution >= 4 is 0 Å². The summed E-state index contributed by atoms with van der Waals surface area (Å²) in [6.07, 6.45) is 9.57. The van der Waals surface area contributed by atoms with E-state index >= 15 is 0 Å². The normalized spacial score (nSPS) is 22.9. The van der Waals surface area contributed by atoms with Crippen LogP contribution in [0.4, 0.5) is 0 Å². The molecule has 0 bridgehead atoms. The molecule has 2 heterocycles. The first kappa shape index (κ1) is 11.6. The van der Waals surface area contributed by atoms with Crippen LogP contribution in [0.1, 0.15) is 31.2 Å². The topological polar surface area (TPSA) is 48.1 Å². The Hall–Kier alpha value is -0.930. The van der Waals surface area contributed by atoms with Gasteiger partial charge in [-0.3, -0.25) is 4.98 Å². The van der Waals surface area contributed by atoms with Gasteiger partial charge in [-0.1, -0.05) is 0 Å². The summed E-state index contributed by atoms with van der Waals surface area (Å²) < 4.78 is 5.69. The SMILES string of the molecule is NC(Cc1ccncc1)CC1CCCCO1. The fourth-order valence-corrected chi connectivity index (χ4v) is 2.24. The molecule has 1 fully saturated rings. The van der Waals surface area contributed by atoms with Gasteiger partial charge < -0.3 is 10.5 Å². The monoisotopic (exact) mass is 220 g/mol. The van der Waals surface area contributed by atoms with Gasteiger partial charge in [0.1, 0.15) is 0 Å². The number of hydrogen-bond acceptors (Lipinski definition) is 3. The minimum Gasteiger partial charge on any atom is -0.378 e. The van der Waals surface area contributed by atoms with Gasteiger partial charge in [0.2, 0.25) is 0 Å². The third kappa shape index (κ3) is 3.58. The second-order valence-corrected chi connectivity index (χ2v) is 4.54. The molecule has 16 heavy (non-hydrogen) atoms. The Bertz CT molecular complexity index is 296. The maximum absolute atomic E-state index is 6.14. The number of nitrogens with zero attached hydrogens (tertiary/aromatic N) is 1. The highest BCUT2D eigenvalue weighted by Gasteiger charge is 2.17. The molecule has 1 aromatic heterocycles. The molecule has 1 aromatic rings. The van der Waals surface area contributed by atoms with Crippen molar-refractivity contribution in [2.24, 2.45) is 5.73 Å². The molecule has 0 spiro atoms. The van der Waals surface area contributed by atoms with Crippen LogP contribution < -0.4 is 5.73 Å². The number of rotatable bonds is 4. The van der Waals surface area contributed by atoms with E-state index < -0.39 is 0 Å². The molecule has 1 saturated heterocycles. The van der Waals surface area contributed by atoms with Gasteiger partial charge in [0.05, 0.1) is 6.10 Å². The number of pyridine rings is 1. The third-order valence-corrected chi connectivity index (χ3v) is 3.09. The van der Waals surface area contributed by atoms with Crippen LogP contribution in [-0.2, 0) is 11.2 Å². The van der Waals surface area contributed by atoms with Gasteiger partial charge in [0, 0.05) is 25.0 Å². The van der Waals surface area contributed by atoms with Gasteiger partial charge in [0.25, 0.3) is 0 Å². The number of hydrogen-bond donors (Lipinski definition) is 1. The van der Waals surface area contributed by atoms with E-state index in [4.69, 9.17) is 10.5 Å². The lowest BCUT2D eigenvalue weighted by molar-refractivity contribution is 0.00747. The molecule has 1 aliphatic heterocycles. The van der Waals surface area contributed by atoms with E-state index in [1.54, 1.807) is 0 Å². The van der Waals surface area contributed by atoms with Crippen molar-refractivity contribution in [3.8, 4) is 0 Å². The van der Waals surface area contributed by atoms with Crippen molar-refractivity contribution in [2.75, 3.05) is 6.61 Å². The second-order valence-electron chi connectivity index (χ2n) is 4.54. The van der Waals surface area contributed by atoms with E-state index in [1.807, 2.05) is 24.5 Å². The average molecular weight is 220 g/mol. The molecule has 0 amide bonds. The molecule has 1 aliphatic rings. The molecule has 88 valence electrons. The second kappa shape index (κ2) is 5.97. The van der Waals surface area contributed by atoms with Gasteiger partial charge >= 0.3 is 0 Å². The number of nitrogens with two attached hydrogens (primary N) is 1. The van der Waals surface area contributed by atoms with Crippen LogP contribution in [0.3, 0.4) is 0 Å². The summed E-state index contributed by atoms with van der Waals surface area (Å²) in [7, 11) is 0. The van der Waals surface area contributed by atoms with Crippen LogP contribution in [0.15, 0.2) is 24.5 Å². The molecule has 3 nitrogen and oxygen atoms in total. The molecule has 2 unspecified atom stereocenters. The van der Waals surface area contributed by atoms with Crippen molar-refractivity contribution in [1.29, 1.82) is 0 Å². The number of ether oxygens (including phenoxy) is 1. The lowest BCUT2D eigenvalue weighted by Crippen LogP contribution is -2.31. The largest absolute Gasteiger partial charge is 0.378 e. The van der Waals surface area contributed by atoms with Crippen molar-refractivity contribution in [1.82, 2.24) is 4.98 Å². The average Bonchev–Trinajstić information content (AvgIpc) is 2.31. The van der Waals surface area contributed by atoms with Crippen LogP contribution in [0.25, 0.3) is 0 Å². The van der Waals surface area contributed by atoms with Gasteiger partial charge in [0.15, 0.2) is 0 Å². The Labute approximate surface area is 97.0 Å². The zero-order valence-corrected chi connectivity index (χ0v) is 9.64. The quantitative estimate of drug-likeness (QED) is 0.843. The third-order valence-electron chi connectivity index (χ3n) is 3.09. The lowest BCUT2D eigenvalue weighted by Gasteiger charge is -2.25. The first-order valence-electron chi connectivity index (χ1n) is 6.10. The maximum atomic E-state index is 6.14. The lowest BCUT2D eigenvalue weighted by atomic mass is 9.98. The van der Waals surface area contributed by atoms with E-state index in [0.29, 0.717) is 6.10 Å². The number of aromatic nitrogens is 1. The van der Waals surface area contributed by atoms with Gasteiger partial charge in [-0.25, -0.2) is 0 Å². The Balaban J connectivity index is 1.77. The van der Waals surface area contributed by atoms with Crippen molar-refractivity contribution in [3.63, 3.8) is 0 Å². The van der Waals surface area contributed by atoms with Gasteiger partial charge in [-0.15, -0.1) is 0 Å². The predicted octanol–water partition coefficient (Wildman–Crippen LogP) is 1.91. The smallest absolute Gasteiger partial charge is 0.0590 e. The van der Waals surface area contributed by atoms with E-state index in [-0.39, 0.29) is 6.04 Å². The summed E-state index contributed by atoms with van der Waals surface area (Å²) in [5.74, 6) is 0. The standard InChI is InChI=1S/C13H20N2O/c14-12(9-11-4-6-15-7-5-11)10-13-3-1-2-8-16-13/h4-7,12-13H,1-3,8-10,14H2. The fourth-order valence-electron chi connectivity index (χ4n) is 2.24. The Morgan fingerprint density at radius 3 is 2.88 bits per heavy atom. The molecule has 3 heteroatoms. The van der Waals surface area contributed by atoms with Crippen LogP contribution in [0.2, 0.25) is 0 Å². The molecule has 0 aliphatic carbocycles. The molecule has 2 atom stereocenters. The molecule has 0 saturated carbocycles. The van der Waals surface area contributed by atoms with Crippen LogP contribution in [0, 0.1) is 0 Å². The summed E-state index contributed by atoms with van der Waals surface area (Å²) in [4.78, 5) is 4.00. The molecule has 0 radical (unpaired) electrons. The first-order valence-corrected chi connectivity index (χ1v) is 6.10. The van der Waals surface area contributed by atoms with Gasteiger partial charge in [-0.05, 0) is 49.8 Å². The van der Waals surface area contributed by atoms with Crippen molar-refractivity contribution in [3.05, 3.63) is 30.1 Å². The van der Waals surface area contributed by atoms with Crippen molar-refractivity contribution < 1.29 is 4.74 Å². The summed E-state index contributed by atoms with van der Waals surface area (Å²) >= 11 is 0.